The van der Waals surface area contributed by atoms with Gasteiger partial charge in [-0.25, -0.2) is 0 Å². The number of piperidine rings is 2. The number of carbonyl (C=O) groups is 2. The van der Waals surface area contributed by atoms with Crippen molar-refractivity contribution in [3.05, 3.63) is 35.9 Å². The number of benzene rings is 1. The monoisotopic (exact) mass is 315 g/mol. The maximum atomic E-state index is 12.9. The summed E-state index contributed by atoms with van der Waals surface area (Å²) < 4.78 is 0. The fourth-order valence-corrected chi connectivity index (χ4v) is 3.46. The third-order valence-corrected chi connectivity index (χ3v) is 4.68. The quantitative estimate of drug-likeness (QED) is 0.887. The molecule has 2 N–H and O–H groups in total. The molecule has 1 aromatic rings. The molecule has 23 heavy (non-hydrogen) atoms. The van der Waals surface area contributed by atoms with Gasteiger partial charge in [0, 0.05) is 25.6 Å². The molecule has 0 aromatic heterocycles. The van der Waals surface area contributed by atoms with Crippen LogP contribution >= 0.6 is 0 Å². The van der Waals surface area contributed by atoms with E-state index in [0.717, 1.165) is 44.3 Å². The van der Waals surface area contributed by atoms with E-state index in [2.05, 4.69) is 10.6 Å². The molecule has 0 radical (unpaired) electrons. The van der Waals surface area contributed by atoms with Crippen molar-refractivity contribution in [2.24, 2.45) is 0 Å². The lowest BCUT2D eigenvalue weighted by atomic mass is 9.99. The zero-order valence-corrected chi connectivity index (χ0v) is 13.5. The van der Waals surface area contributed by atoms with Crippen molar-refractivity contribution in [1.82, 2.24) is 15.5 Å². The molecule has 124 valence electrons. The molecule has 2 fully saturated rings. The average molecular weight is 315 g/mol. The Morgan fingerprint density at radius 2 is 2.04 bits per heavy atom. The van der Waals surface area contributed by atoms with E-state index in [1.165, 1.54) is 0 Å². The van der Waals surface area contributed by atoms with Crippen molar-refractivity contribution in [2.75, 3.05) is 19.6 Å². The minimum absolute atomic E-state index is 0.0554. The van der Waals surface area contributed by atoms with Crippen molar-refractivity contribution >= 4 is 11.8 Å². The van der Waals surface area contributed by atoms with Crippen LogP contribution in [0.5, 0.6) is 0 Å². The van der Waals surface area contributed by atoms with Gasteiger partial charge >= 0.3 is 0 Å². The molecular weight excluding hydrogens is 290 g/mol. The number of nitrogens with zero attached hydrogens (tertiary/aromatic N) is 1. The third-order valence-electron chi connectivity index (χ3n) is 4.68. The number of hydrogen-bond donors (Lipinski definition) is 2. The lowest BCUT2D eigenvalue weighted by Gasteiger charge is -2.35. The lowest BCUT2D eigenvalue weighted by molar-refractivity contribution is -0.143. The predicted octanol–water partition coefficient (Wildman–Crippen LogP) is 1.61. The highest BCUT2D eigenvalue weighted by molar-refractivity contribution is 5.89. The van der Waals surface area contributed by atoms with E-state index in [9.17, 15) is 9.59 Å². The highest BCUT2D eigenvalue weighted by Crippen LogP contribution is 2.26. The fraction of sp³-hybridized carbons (Fsp3) is 0.556. The predicted molar refractivity (Wildman–Crippen MR) is 88.8 cm³/mol. The Hall–Kier alpha value is -1.88. The summed E-state index contributed by atoms with van der Waals surface area (Å²) in [5, 5.41) is 6.45. The molecule has 2 aliphatic rings. The summed E-state index contributed by atoms with van der Waals surface area (Å²) in [6, 6.07) is 9.30. The van der Waals surface area contributed by atoms with Crippen molar-refractivity contribution in [3.63, 3.8) is 0 Å². The van der Waals surface area contributed by atoms with Crippen LogP contribution in [0.3, 0.4) is 0 Å². The number of rotatable bonds is 4. The SMILES string of the molecule is O=C(N[C@H]1CCCNC1)C(c1ccccc1)N1CCCCC1=O. The number of carbonyl (C=O) groups excluding carboxylic acids is 2. The zero-order chi connectivity index (χ0) is 16.1. The van der Waals surface area contributed by atoms with Gasteiger partial charge in [-0.3, -0.25) is 9.59 Å². The number of nitrogens with one attached hydrogen (secondary N) is 2. The van der Waals surface area contributed by atoms with Crippen molar-refractivity contribution < 1.29 is 9.59 Å². The van der Waals surface area contributed by atoms with Gasteiger partial charge in [-0.15, -0.1) is 0 Å². The Morgan fingerprint density at radius 3 is 2.74 bits per heavy atom. The van der Waals surface area contributed by atoms with Gasteiger partial charge in [-0.1, -0.05) is 30.3 Å². The topological polar surface area (TPSA) is 61.4 Å². The van der Waals surface area contributed by atoms with Gasteiger partial charge in [0.1, 0.15) is 6.04 Å². The Morgan fingerprint density at radius 1 is 1.22 bits per heavy atom. The second-order valence-corrected chi connectivity index (χ2v) is 6.41. The molecule has 0 bridgehead atoms. The van der Waals surface area contributed by atoms with E-state index in [-0.39, 0.29) is 17.9 Å². The molecule has 2 saturated heterocycles. The highest BCUT2D eigenvalue weighted by atomic mass is 16.2. The fourth-order valence-electron chi connectivity index (χ4n) is 3.46. The minimum atomic E-state index is -0.508. The second-order valence-electron chi connectivity index (χ2n) is 6.41. The second kappa shape index (κ2) is 7.59. The normalized spacial score (nSPS) is 23.4. The smallest absolute Gasteiger partial charge is 0.247 e. The molecule has 0 saturated carbocycles. The van der Waals surface area contributed by atoms with Crippen LogP contribution in [0.1, 0.15) is 43.7 Å². The van der Waals surface area contributed by atoms with Crippen LogP contribution in [0, 0.1) is 0 Å². The summed E-state index contributed by atoms with van der Waals surface area (Å²) in [7, 11) is 0. The van der Waals surface area contributed by atoms with Gasteiger partial charge < -0.3 is 15.5 Å². The van der Waals surface area contributed by atoms with E-state index in [4.69, 9.17) is 0 Å². The zero-order valence-electron chi connectivity index (χ0n) is 13.5. The van der Waals surface area contributed by atoms with Crippen LogP contribution < -0.4 is 10.6 Å². The van der Waals surface area contributed by atoms with Crippen LogP contribution in [0.25, 0.3) is 0 Å². The van der Waals surface area contributed by atoms with E-state index in [0.29, 0.717) is 13.0 Å². The summed E-state index contributed by atoms with van der Waals surface area (Å²) in [5.74, 6) is 0.0298. The number of likely N-dealkylation sites (tertiary alicyclic amines) is 1. The molecule has 2 atom stereocenters. The maximum Gasteiger partial charge on any atom is 0.247 e. The Bertz CT molecular complexity index is 540. The van der Waals surface area contributed by atoms with Gasteiger partial charge in [0.15, 0.2) is 0 Å². The lowest BCUT2D eigenvalue weighted by Crippen LogP contribution is -2.51. The van der Waals surface area contributed by atoms with Crippen LogP contribution in [-0.2, 0) is 9.59 Å². The third kappa shape index (κ3) is 3.91. The Labute approximate surface area is 137 Å². The first kappa shape index (κ1) is 16.0. The van der Waals surface area contributed by atoms with Gasteiger partial charge in [-0.05, 0) is 37.8 Å². The van der Waals surface area contributed by atoms with E-state index in [1.807, 2.05) is 30.3 Å². The van der Waals surface area contributed by atoms with Gasteiger partial charge in [-0.2, -0.15) is 0 Å². The molecule has 0 aliphatic carbocycles. The summed E-state index contributed by atoms with van der Waals surface area (Å²) in [6.07, 6.45) is 4.50. The average Bonchev–Trinajstić information content (AvgIpc) is 2.59. The molecule has 2 amide bonds. The molecule has 3 rings (SSSR count). The first-order valence-electron chi connectivity index (χ1n) is 8.61. The summed E-state index contributed by atoms with van der Waals surface area (Å²) in [4.78, 5) is 27.0. The van der Waals surface area contributed by atoms with Gasteiger partial charge in [0.05, 0.1) is 0 Å². The Kier molecular flexibility index (Phi) is 5.28. The van der Waals surface area contributed by atoms with Crippen LogP contribution in [0.15, 0.2) is 30.3 Å². The summed E-state index contributed by atoms with van der Waals surface area (Å²) in [6.45, 7) is 2.48. The minimum Gasteiger partial charge on any atom is -0.350 e. The van der Waals surface area contributed by atoms with Crippen molar-refractivity contribution in [3.8, 4) is 0 Å². The van der Waals surface area contributed by atoms with Crippen LogP contribution in [0.2, 0.25) is 0 Å². The van der Waals surface area contributed by atoms with Gasteiger partial charge in [0.25, 0.3) is 0 Å². The molecule has 2 aliphatic heterocycles. The summed E-state index contributed by atoms with van der Waals surface area (Å²) in [5.41, 5.74) is 0.893. The number of amides is 2. The number of hydrogen-bond acceptors (Lipinski definition) is 3. The standard InChI is InChI=1S/C18H25N3O2/c22-16-10-4-5-12-21(16)17(14-7-2-1-3-8-14)18(23)20-15-9-6-11-19-13-15/h1-3,7-8,15,17,19H,4-6,9-13H2,(H,20,23)/t15-,17?/m0/s1. The van der Waals surface area contributed by atoms with Crippen molar-refractivity contribution in [2.45, 2.75) is 44.2 Å². The molecule has 1 unspecified atom stereocenters. The molecule has 5 nitrogen and oxygen atoms in total. The highest BCUT2D eigenvalue weighted by Gasteiger charge is 2.33. The van der Waals surface area contributed by atoms with Crippen LogP contribution in [0.4, 0.5) is 0 Å². The van der Waals surface area contributed by atoms with Gasteiger partial charge in [0.2, 0.25) is 11.8 Å². The molecule has 1 aromatic carbocycles. The first-order valence-corrected chi connectivity index (χ1v) is 8.61. The van der Waals surface area contributed by atoms with Crippen LogP contribution in [-0.4, -0.2) is 42.4 Å². The summed E-state index contributed by atoms with van der Waals surface area (Å²) >= 11 is 0. The molecule has 2 heterocycles. The first-order chi connectivity index (χ1) is 11.3. The van der Waals surface area contributed by atoms with E-state index < -0.39 is 6.04 Å². The van der Waals surface area contributed by atoms with Crippen molar-refractivity contribution in [1.29, 1.82) is 0 Å². The van der Waals surface area contributed by atoms with E-state index >= 15 is 0 Å². The largest absolute Gasteiger partial charge is 0.350 e. The molecule has 5 heteroatoms. The molecule has 0 spiro atoms. The molecular formula is C18H25N3O2. The maximum absolute atomic E-state index is 12.9. The van der Waals surface area contributed by atoms with E-state index in [1.54, 1.807) is 4.90 Å². The Balaban J connectivity index is 1.79.